The standard InChI is InChI=1S/C14H14BrN3O2/c15-8-11-7-13(19)18(9-11)14-17-16-12(20-14)6-10-4-2-1-3-5-10/h1-5,11H,6-9H2. The molecule has 2 aromatic rings. The number of hydrogen-bond donors (Lipinski definition) is 0. The fraction of sp³-hybridized carbons (Fsp3) is 0.357. The Bertz CT molecular complexity index is 599. The number of halogens is 1. The van der Waals surface area contributed by atoms with Gasteiger partial charge in [-0.2, -0.15) is 0 Å². The maximum Gasteiger partial charge on any atom is 0.325 e. The molecule has 0 aliphatic carbocycles. The third-order valence-corrected chi connectivity index (χ3v) is 4.22. The Balaban J connectivity index is 1.72. The highest BCUT2D eigenvalue weighted by Crippen LogP contribution is 2.25. The molecule has 0 radical (unpaired) electrons. The Kier molecular flexibility index (Phi) is 3.82. The molecule has 0 saturated carbocycles. The summed E-state index contributed by atoms with van der Waals surface area (Å²) in [6.45, 7) is 0.636. The molecule has 6 heteroatoms. The van der Waals surface area contributed by atoms with Crippen molar-refractivity contribution >= 4 is 27.9 Å². The molecule has 1 saturated heterocycles. The lowest BCUT2D eigenvalue weighted by Gasteiger charge is -2.09. The monoisotopic (exact) mass is 335 g/mol. The van der Waals surface area contributed by atoms with E-state index in [4.69, 9.17) is 4.42 Å². The van der Waals surface area contributed by atoms with E-state index in [0.717, 1.165) is 10.9 Å². The molecule has 1 aliphatic rings. The van der Waals surface area contributed by atoms with Gasteiger partial charge in [-0.25, -0.2) is 0 Å². The summed E-state index contributed by atoms with van der Waals surface area (Å²) in [6, 6.07) is 10.2. The predicted molar refractivity (Wildman–Crippen MR) is 77.8 cm³/mol. The minimum absolute atomic E-state index is 0.0457. The quantitative estimate of drug-likeness (QED) is 0.805. The zero-order valence-corrected chi connectivity index (χ0v) is 12.4. The maximum absolute atomic E-state index is 11.9. The molecule has 20 heavy (non-hydrogen) atoms. The average Bonchev–Trinajstić information content (AvgIpc) is 3.06. The minimum Gasteiger partial charge on any atom is -0.407 e. The van der Waals surface area contributed by atoms with E-state index in [1.165, 1.54) is 0 Å². The highest BCUT2D eigenvalue weighted by atomic mass is 79.9. The van der Waals surface area contributed by atoms with Crippen molar-refractivity contribution in [2.75, 3.05) is 16.8 Å². The average molecular weight is 336 g/mol. The molecular weight excluding hydrogens is 322 g/mol. The first-order valence-corrected chi connectivity index (χ1v) is 7.61. The third-order valence-electron chi connectivity index (χ3n) is 3.31. The van der Waals surface area contributed by atoms with Crippen molar-refractivity contribution in [2.45, 2.75) is 12.8 Å². The number of amides is 1. The fourth-order valence-corrected chi connectivity index (χ4v) is 2.70. The van der Waals surface area contributed by atoms with Crippen LogP contribution < -0.4 is 4.90 Å². The van der Waals surface area contributed by atoms with Crippen molar-refractivity contribution in [1.82, 2.24) is 10.2 Å². The van der Waals surface area contributed by atoms with Gasteiger partial charge < -0.3 is 4.42 Å². The van der Waals surface area contributed by atoms with Crippen molar-refractivity contribution in [3.63, 3.8) is 0 Å². The van der Waals surface area contributed by atoms with Gasteiger partial charge in [0.2, 0.25) is 11.8 Å². The lowest BCUT2D eigenvalue weighted by atomic mass is 10.2. The van der Waals surface area contributed by atoms with Crippen LogP contribution in [0.5, 0.6) is 0 Å². The van der Waals surface area contributed by atoms with Gasteiger partial charge in [0.05, 0.1) is 6.42 Å². The summed E-state index contributed by atoms with van der Waals surface area (Å²) < 4.78 is 5.60. The van der Waals surface area contributed by atoms with Crippen LogP contribution in [0.15, 0.2) is 34.7 Å². The Morgan fingerprint density at radius 1 is 1.30 bits per heavy atom. The van der Waals surface area contributed by atoms with Crippen LogP contribution in [0.2, 0.25) is 0 Å². The SMILES string of the molecule is O=C1CC(CBr)CN1c1nnc(Cc2ccccc2)o1. The number of carbonyl (C=O) groups excluding carboxylic acids is 1. The van der Waals surface area contributed by atoms with Crippen LogP contribution in [-0.4, -0.2) is 28.0 Å². The van der Waals surface area contributed by atoms with Crippen molar-refractivity contribution < 1.29 is 9.21 Å². The van der Waals surface area contributed by atoms with Crippen molar-refractivity contribution in [2.24, 2.45) is 5.92 Å². The zero-order valence-electron chi connectivity index (χ0n) is 10.8. The summed E-state index contributed by atoms with van der Waals surface area (Å²) in [6.07, 6.45) is 1.11. The molecular formula is C14H14BrN3O2. The Morgan fingerprint density at radius 2 is 2.10 bits per heavy atom. The second-order valence-electron chi connectivity index (χ2n) is 4.87. The second-order valence-corrected chi connectivity index (χ2v) is 5.52. The Labute approximate surface area is 125 Å². The van der Waals surface area contributed by atoms with Gasteiger partial charge in [-0.1, -0.05) is 51.4 Å². The van der Waals surface area contributed by atoms with E-state index < -0.39 is 0 Å². The van der Waals surface area contributed by atoms with Crippen LogP contribution in [0.25, 0.3) is 0 Å². The molecule has 5 nitrogen and oxygen atoms in total. The zero-order chi connectivity index (χ0) is 13.9. The van der Waals surface area contributed by atoms with E-state index in [2.05, 4.69) is 26.1 Å². The molecule has 3 rings (SSSR count). The summed E-state index contributed by atoms with van der Waals surface area (Å²) in [4.78, 5) is 13.5. The van der Waals surface area contributed by atoms with E-state index in [1.54, 1.807) is 4.90 Å². The van der Waals surface area contributed by atoms with E-state index in [1.807, 2.05) is 30.3 Å². The Morgan fingerprint density at radius 3 is 2.80 bits per heavy atom. The molecule has 1 aromatic heterocycles. The first-order chi connectivity index (χ1) is 9.76. The number of benzene rings is 1. The molecule has 104 valence electrons. The summed E-state index contributed by atoms with van der Waals surface area (Å²) >= 11 is 3.41. The van der Waals surface area contributed by atoms with E-state index in [0.29, 0.717) is 37.2 Å². The highest BCUT2D eigenvalue weighted by Gasteiger charge is 2.33. The largest absolute Gasteiger partial charge is 0.407 e. The van der Waals surface area contributed by atoms with Crippen molar-refractivity contribution in [3.05, 3.63) is 41.8 Å². The van der Waals surface area contributed by atoms with Gasteiger partial charge >= 0.3 is 6.01 Å². The minimum atomic E-state index is 0.0457. The van der Waals surface area contributed by atoms with Crippen molar-refractivity contribution in [1.29, 1.82) is 0 Å². The lowest BCUT2D eigenvalue weighted by Crippen LogP contribution is -2.24. The normalized spacial score (nSPS) is 18.8. The summed E-state index contributed by atoms with van der Waals surface area (Å²) in [5.41, 5.74) is 1.11. The van der Waals surface area contributed by atoms with Gasteiger partial charge in [0.15, 0.2) is 0 Å². The van der Waals surface area contributed by atoms with Gasteiger partial charge in [-0.05, 0) is 11.5 Å². The number of anilines is 1. The molecule has 2 heterocycles. The van der Waals surface area contributed by atoms with Crippen LogP contribution in [-0.2, 0) is 11.2 Å². The smallest absolute Gasteiger partial charge is 0.325 e. The highest BCUT2D eigenvalue weighted by molar-refractivity contribution is 9.09. The van der Waals surface area contributed by atoms with Crippen LogP contribution in [0.4, 0.5) is 6.01 Å². The molecule has 1 aromatic carbocycles. The molecule has 0 N–H and O–H groups in total. The van der Waals surface area contributed by atoms with Crippen LogP contribution in [0.3, 0.4) is 0 Å². The topological polar surface area (TPSA) is 59.2 Å². The van der Waals surface area contributed by atoms with Gasteiger partial charge in [0.25, 0.3) is 0 Å². The molecule has 0 spiro atoms. The molecule has 1 fully saturated rings. The summed E-state index contributed by atoms with van der Waals surface area (Å²) in [5.74, 6) is 0.887. The van der Waals surface area contributed by atoms with Crippen LogP contribution in [0.1, 0.15) is 17.9 Å². The van der Waals surface area contributed by atoms with Crippen molar-refractivity contribution in [3.8, 4) is 0 Å². The molecule has 1 unspecified atom stereocenters. The maximum atomic E-state index is 11.9. The number of alkyl halides is 1. The van der Waals surface area contributed by atoms with Crippen LogP contribution in [0, 0.1) is 5.92 Å². The summed E-state index contributed by atoms with van der Waals surface area (Å²) in [5, 5.41) is 8.81. The first kappa shape index (κ1) is 13.3. The molecule has 1 aliphatic heterocycles. The van der Waals surface area contributed by atoms with Gasteiger partial charge in [0, 0.05) is 18.3 Å². The van der Waals surface area contributed by atoms with E-state index in [9.17, 15) is 4.79 Å². The van der Waals surface area contributed by atoms with E-state index in [-0.39, 0.29) is 5.91 Å². The molecule has 1 atom stereocenters. The number of nitrogens with zero attached hydrogens (tertiary/aromatic N) is 3. The predicted octanol–water partition coefficient (Wildman–Crippen LogP) is 2.41. The van der Waals surface area contributed by atoms with Gasteiger partial charge in [-0.15, -0.1) is 5.10 Å². The fourth-order valence-electron chi connectivity index (χ4n) is 2.27. The third kappa shape index (κ3) is 2.75. The van der Waals surface area contributed by atoms with Gasteiger partial charge in [0.1, 0.15) is 0 Å². The number of carbonyl (C=O) groups is 1. The molecule has 1 amide bonds. The Hall–Kier alpha value is -1.69. The second kappa shape index (κ2) is 5.75. The van der Waals surface area contributed by atoms with Crippen LogP contribution >= 0.6 is 15.9 Å². The number of aromatic nitrogens is 2. The van der Waals surface area contributed by atoms with Gasteiger partial charge in [-0.3, -0.25) is 9.69 Å². The number of rotatable bonds is 4. The van der Waals surface area contributed by atoms with E-state index >= 15 is 0 Å². The summed E-state index contributed by atoms with van der Waals surface area (Å²) in [7, 11) is 0. The molecule has 0 bridgehead atoms. The number of hydrogen-bond acceptors (Lipinski definition) is 4. The first-order valence-electron chi connectivity index (χ1n) is 6.49. The lowest BCUT2D eigenvalue weighted by molar-refractivity contribution is -0.117.